The van der Waals surface area contributed by atoms with E-state index in [9.17, 15) is 14.4 Å². The Kier molecular flexibility index (Phi) is 7.91. The van der Waals surface area contributed by atoms with Gasteiger partial charge >= 0.3 is 12.0 Å². The second-order valence-electron chi connectivity index (χ2n) is 6.74. The number of carbonyl (C=O) groups excluding carboxylic acids is 2. The van der Waals surface area contributed by atoms with Crippen LogP contribution in [0.15, 0.2) is 24.3 Å². The zero-order valence-corrected chi connectivity index (χ0v) is 15.6. The summed E-state index contributed by atoms with van der Waals surface area (Å²) in [5.41, 5.74) is 0.875. The van der Waals surface area contributed by atoms with Crippen molar-refractivity contribution < 1.29 is 24.2 Å². The number of benzene rings is 1. The smallest absolute Gasteiger partial charge is 0.341 e. The molecule has 1 aliphatic carbocycles. The van der Waals surface area contributed by atoms with E-state index in [-0.39, 0.29) is 24.5 Å². The van der Waals surface area contributed by atoms with Crippen molar-refractivity contribution in [3.63, 3.8) is 0 Å². The topological polar surface area (TPSA) is 108 Å². The van der Waals surface area contributed by atoms with Gasteiger partial charge in [-0.15, -0.1) is 0 Å². The molecule has 1 saturated carbocycles. The average Bonchev–Trinajstić information content (AvgIpc) is 2.66. The van der Waals surface area contributed by atoms with Crippen LogP contribution < -0.4 is 15.4 Å². The highest BCUT2D eigenvalue weighted by Gasteiger charge is 2.16. The maximum absolute atomic E-state index is 12.2. The van der Waals surface area contributed by atoms with Gasteiger partial charge in [-0.2, -0.15) is 0 Å². The molecule has 0 atom stereocenters. The van der Waals surface area contributed by atoms with E-state index >= 15 is 0 Å². The van der Waals surface area contributed by atoms with E-state index in [0.29, 0.717) is 12.3 Å². The molecule has 0 spiro atoms. The number of ether oxygens (including phenoxy) is 1. The molecule has 0 unspecified atom stereocenters. The van der Waals surface area contributed by atoms with E-state index in [1.807, 2.05) is 0 Å². The van der Waals surface area contributed by atoms with E-state index < -0.39 is 12.6 Å². The summed E-state index contributed by atoms with van der Waals surface area (Å²) in [5.74, 6) is -0.777. The minimum Gasteiger partial charge on any atom is -0.482 e. The molecular formula is C19H27N3O5. The number of hydrogen-bond acceptors (Lipinski definition) is 4. The van der Waals surface area contributed by atoms with Crippen LogP contribution in [0.25, 0.3) is 0 Å². The Labute approximate surface area is 158 Å². The van der Waals surface area contributed by atoms with Crippen molar-refractivity contribution in [2.75, 3.05) is 20.2 Å². The molecular weight excluding hydrogens is 350 g/mol. The Hall–Kier alpha value is -2.77. The summed E-state index contributed by atoms with van der Waals surface area (Å²) >= 11 is 0. The lowest BCUT2D eigenvalue weighted by Crippen LogP contribution is -2.46. The van der Waals surface area contributed by atoms with Crippen molar-refractivity contribution in [3.8, 4) is 5.75 Å². The van der Waals surface area contributed by atoms with Gasteiger partial charge in [-0.05, 0) is 30.5 Å². The van der Waals surface area contributed by atoms with Gasteiger partial charge in [-0.25, -0.2) is 9.59 Å². The molecule has 2 rings (SSSR count). The number of carboxylic acid groups (broad SMARTS) is 1. The fourth-order valence-corrected chi connectivity index (χ4v) is 2.97. The quantitative estimate of drug-likeness (QED) is 0.640. The fourth-order valence-electron chi connectivity index (χ4n) is 2.97. The summed E-state index contributed by atoms with van der Waals surface area (Å²) in [6.45, 7) is -0.0782. The summed E-state index contributed by atoms with van der Waals surface area (Å²) in [7, 11) is 1.66. The molecule has 3 amide bonds. The number of aliphatic carboxylic acids is 1. The van der Waals surface area contributed by atoms with Crippen molar-refractivity contribution in [1.82, 2.24) is 15.5 Å². The molecule has 1 fully saturated rings. The van der Waals surface area contributed by atoms with E-state index in [0.717, 1.165) is 31.2 Å². The second kappa shape index (κ2) is 10.4. The lowest BCUT2D eigenvalue weighted by molar-refractivity contribution is -0.139. The third kappa shape index (κ3) is 7.55. The first kappa shape index (κ1) is 20.5. The highest BCUT2D eigenvalue weighted by atomic mass is 16.5. The van der Waals surface area contributed by atoms with Crippen LogP contribution in [-0.2, 0) is 16.1 Å². The van der Waals surface area contributed by atoms with Gasteiger partial charge in [0.15, 0.2) is 6.61 Å². The minimum atomic E-state index is -1.04. The maximum Gasteiger partial charge on any atom is 0.341 e. The van der Waals surface area contributed by atoms with Gasteiger partial charge in [0, 0.05) is 19.6 Å². The minimum absolute atomic E-state index is 0.0607. The number of nitrogens with zero attached hydrogens (tertiary/aromatic N) is 1. The molecule has 0 aromatic heterocycles. The third-order valence-electron chi connectivity index (χ3n) is 4.47. The Balaban J connectivity index is 1.71. The molecule has 0 bridgehead atoms. The zero-order valence-electron chi connectivity index (χ0n) is 15.6. The fraction of sp³-hybridized carbons (Fsp3) is 0.526. The number of carbonyl (C=O) groups is 3. The summed E-state index contributed by atoms with van der Waals surface area (Å²) in [5, 5.41) is 14.1. The number of nitrogens with one attached hydrogen (secondary N) is 2. The maximum atomic E-state index is 12.2. The Morgan fingerprint density at radius 1 is 1.15 bits per heavy atom. The summed E-state index contributed by atoms with van der Waals surface area (Å²) < 4.78 is 5.07. The first-order valence-electron chi connectivity index (χ1n) is 9.16. The van der Waals surface area contributed by atoms with Gasteiger partial charge in [0.05, 0.1) is 6.54 Å². The lowest BCUT2D eigenvalue weighted by atomic mass is 9.96. The van der Waals surface area contributed by atoms with Gasteiger partial charge in [0.1, 0.15) is 5.75 Å². The number of amides is 3. The van der Waals surface area contributed by atoms with Gasteiger partial charge in [0.25, 0.3) is 0 Å². The molecule has 1 aromatic rings. The van der Waals surface area contributed by atoms with Gasteiger partial charge < -0.3 is 25.4 Å². The van der Waals surface area contributed by atoms with Crippen LogP contribution in [0.1, 0.15) is 37.7 Å². The van der Waals surface area contributed by atoms with Crippen molar-refractivity contribution in [1.29, 1.82) is 0 Å². The van der Waals surface area contributed by atoms with Crippen molar-refractivity contribution in [2.45, 2.75) is 44.7 Å². The molecule has 0 radical (unpaired) electrons. The van der Waals surface area contributed by atoms with Gasteiger partial charge in [-0.1, -0.05) is 31.4 Å². The van der Waals surface area contributed by atoms with Gasteiger partial charge in [0.2, 0.25) is 5.91 Å². The van der Waals surface area contributed by atoms with Crippen LogP contribution in [0.3, 0.4) is 0 Å². The lowest BCUT2D eigenvalue weighted by Gasteiger charge is -2.23. The zero-order chi connectivity index (χ0) is 19.6. The normalized spacial score (nSPS) is 14.3. The van der Waals surface area contributed by atoms with Crippen LogP contribution >= 0.6 is 0 Å². The first-order chi connectivity index (χ1) is 12.9. The second-order valence-corrected chi connectivity index (χ2v) is 6.74. The molecule has 8 nitrogen and oxygen atoms in total. The van der Waals surface area contributed by atoms with Gasteiger partial charge in [-0.3, -0.25) is 4.79 Å². The molecule has 1 aromatic carbocycles. The van der Waals surface area contributed by atoms with Crippen LogP contribution in [0, 0.1) is 0 Å². The average molecular weight is 377 g/mol. The molecule has 8 heteroatoms. The number of likely N-dealkylation sites (N-methyl/N-ethyl adjacent to an activating group) is 1. The molecule has 0 heterocycles. The van der Waals surface area contributed by atoms with E-state index in [4.69, 9.17) is 9.84 Å². The predicted molar refractivity (Wildman–Crippen MR) is 99.5 cm³/mol. The van der Waals surface area contributed by atoms with Crippen LogP contribution in [0.2, 0.25) is 0 Å². The summed E-state index contributed by atoms with van der Waals surface area (Å²) in [6, 6.07) is 6.75. The molecule has 0 saturated heterocycles. The standard InChI is InChI=1S/C19H27N3O5/c1-22(12-14-7-9-16(10-8-14)27-13-18(24)25)17(23)11-20-19(26)21-15-5-3-2-4-6-15/h7-10,15H,2-6,11-13H2,1H3,(H,24,25)(H2,20,21,26). The third-order valence-corrected chi connectivity index (χ3v) is 4.47. The van der Waals surface area contributed by atoms with Crippen molar-refractivity contribution in [3.05, 3.63) is 29.8 Å². The largest absolute Gasteiger partial charge is 0.482 e. The monoisotopic (exact) mass is 377 g/mol. The van der Waals surface area contributed by atoms with Crippen molar-refractivity contribution >= 4 is 17.9 Å². The number of carboxylic acids is 1. The van der Waals surface area contributed by atoms with E-state index in [2.05, 4.69) is 10.6 Å². The Morgan fingerprint density at radius 2 is 1.81 bits per heavy atom. The highest BCUT2D eigenvalue weighted by Crippen LogP contribution is 2.17. The number of rotatable bonds is 8. The molecule has 0 aliphatic heterocycles. The van der Waals surface area contributed by atoms with Crippen LogP contribution in [0.5, 0.6) is 5.75 Å². The first-order valence-corrected chi connectivity index (χ1v) is 9.16. The van der Waals surface area contributed by atoms with Crippen LogP contribution in [-0.4, -0.2) is 54.2 Å². The Bertz CT molecular complexity index is 641. The SMILES string of the molecule is CN(Cc1ccc(OCC(=O)O)cc1)C(=O)CNC(=O)NC1CCCCC1. The predicted octanol–water partition coefficient (Wildman–Crippen LogP) is 1.74. The van der Waals surface area contributed by atoms with Crippen molar-refractivity contribution in [2.24, 2.45) is 0 Å². The molecule has 148 valence electrons. The summed E-state index contributed by atoms with van der Waals surface area (Å²) in [4.78, 5) is 36.1. The molecule has 3 N–H and O–H groups in total. The summed E-state index contributed by atoms with van der Waals surface area (Å²) in [6.07, 6.45) is 5.47. The highest BCUT2D eigenvalue weighted by molar-refractivity contribution is 5.83. The Morgan fingerprint density at radius 3 is 2.44 bits per heavy atom. The van der Waals surface area contributed by atoms with E-state index in [1.165, 1.54) is 11.3 Å². The van der Waals surface area contributed by atoms with Crippen LogP contribution in [0.4, 0.5) is 4.79 Å². The van der Waals surface area contributed by atoms with E-state index in [1.54, 1.807) is 31.3 Å². The number of hydrogen-bond donors (Lipinski definition) is 3. The molecule has 1 aliphatic rings. The molecule has 27 heavy (non-hydrogen) atoms. The number of urea groups is 1.